The number of nitrogen functional groups attached to an aromatic ring is 1. The van der Waals surface area contributed by atoms with E-state index in [-0.39, 0.29) is 31.2 Å². The monoisotopic (exact) mass is 395 g/mol. The molecule has 26 heavy (non-hydrogen) atoms. The van der Waals surface area contributed by atoms with E-state index in [1.807, 2.05) is 36.4 Å². The highest BCUT2D eigenvalue weighted by atomic mass is 35.5. The van der Waals surface area contributed by atoms with E-state index in [4.69, 9.17) is 11.5 Å². The van der Waals surface area contributed by atoms with Crippen molar-refractivity contribution in [1.29, 1.82) is 0 Å². The maximum atomic E-state index is 12.6. The molecule has 0 aliphatic rings. The molecule has 0 unspecified atom stereocenters. The fraction of sp³-hybridized carbons (Fsp3) is 0.176. The Balaban J connectivity index is 0.00000243. The van der Waals surface area contributed by atoms with Gasteiger partial charge >= 0.3 is 5.69 Å². The standard InChI is InChI=1S/C17H18FN5OS.ClH/c18-7-12(8-19)9-23-17(24)22(11-21-23)10-15-5-6-16(25-15)13-1-3-14(20)4-2-13;/h1-7,11H,8-10,19-20H2;1H/b12-7-;. The van der Waals surface area contributed by atoms with E-state index in [1.165, 1.54) is 15.6 Å². The zero-order valence-electron chi connectivity index (χ0n) is 13.8. The van der Waals surface area contributed by atoms with Crippen LogP contribution in [0.2, 0.25) is 0 Å². The average Bonchev–Trinajstić information content (AvgIpc) is 3.22. The van der Waals surface area contributed by atoms with E-state index in [0.29, 0.717) is 18.4 Å². The van der Waals surface area contributed by atoms with Crippen molar-refractivity contribution in [2.24, 2.45) is 5.73 Å². The Kier molecular flexibility index (Phi) is 6.73. The minimum absolute atomic E-state index is 0. The number of hydrogen-bond donors (Lipinski definition) is 2. The summed E-state index contributed by atoms with van der Waals surface area (Å²) in [5, 5.41) is 4.02. The minimum Gasteiger partial charge on any atom is -0.399 e. The number of anilines is 1. The lowest BCUT2D eigenvalue weighted by molar-refractivity contribution is 0.604. The lowest BCUT2D eigenvalue weighted by atomic mass is 10.2. The highest BCUT2D eigenvalue weighted by Crippen LogP contribution is 2.28. The van der Waals surface area contributed by atoms with Gasteiger partial charge in [0.1, 0.15) is 6.33 Å². The Bertz CT molecular complexity index is 945. The second-order valence-electron chi connectivity index (χ2n) is 5.56. The fourth-order valence-corrected chi connectivity index (χ4v) is 3.37. The topological polar surface area (TPSA) is 91.9 Å². The second-order valence-corrected chi connectivity index (χ2v) is 6.73. The molecule has 0 fully saturated rings. The molecule has 6 nitrogen and oxygen atoms in total. The molecule has 1 aromatic carbocycles. The lowest BCUT2D eigenvalue weighted by Gasteiger charge is -2.01. The van der Waals surface area contributed by atoms with E-state index in [9.17, 15) is 9.18 Å². The van der Waals surface area contributed by atoms with Gasteiger partial charge in [0.15, 0.2) is 0 Å². The normalized spacial score (nSPS) is 11.4. The first-order chi connectivity index (χ1) is 12.1. The molecular weight excluding hydrogens is 377 g/mol. The van der Waals surface area contributed by atoms with Gasteiger partial charge in [-0.1, -0.05) is 12.1 Å². The molecule has 0 atom stereocenters. The van der Waals surface area contributed by atoms with Crippen molar-refractivity contribution in [2.75, 3.05) is 12.3 Å². The molecule has 0 spiro atoms. The van der Waals surface area contributed by atoms with Crippen molar-refractivity contribution < 1.29 is 4.39 Å². The molecule has 0 bridgehead atoms. The van der Waals surface area contributed by atoms with E-state index in [0.717, 1.165) is 21.0 Å². The number of hydrogen-bond acceptors (Lipinski definition) is 5. The number of nitrogens with two attached hydrogens (primary N) is 2. The van der Waals surface area contributed by atoms with Gasteiger partial charge in [-0.05, 0) is 35.4 Å². The van der Waals surface area contributed by atoms with Crippen LogP contribution in [0.3, 0.4) is 0 Å². The van der Waals surface area contributed by atoms with Gasteiger partial charge in [0.2, 0.25) is 0 Å². The summed E-state index contributed by atoms with van der Waals surface area (Å²) in [5.41, 5.74) is 12.9. The first-order valence-corrected chi connectivity index (χ1v) is 8.47. The van der Waals surface area contributed by atoms with Crippen molar-refractivity contribution in [1.82, 2.24) is 14.3 Å². The number of thiophene rings is 1. The highest BCUT2D eigenvalue weighted by Gasteiger charge is 2.09. The van der Waals surface area contributed by atoms with Gasteiger partial charge in [0, 0.05) is 22.0 Å². The van der Waals surface area contributed by atoms with Crippen molar-refractivity contribution >= 4 is 29.4 Å². The molecule has 0 aliphatic carbocycles. The number of aromatic nitrogens is 3. The smallest absolute Gasteiger partial charge is 0.346 e. The summed E-state index contributed by atoms with van der Waals surface area (Å²) in [6.45, 7) is 0.515. The van der Waals surface area contributed by atoms with Gasteiger partial charge in [0.05, 0.1) is 19.4 Å². The van der Waals surface area contributed by atoms with Crippen molar-refractivity contribution in [3.05, 3.63) is 70.0 Å². The minimum atomic E-state index is -0.296. The molecule has 9 heteroatoms. The first-order valence-electron chi connectivity index (χ1n) is 7.65. The molecule has 2 heterocycles. The first kappa shape index (κ1) is 19.9. The van der Waals surface area contributed by atoms with Crippen LogP contribution >= 0.6 is 23.7 Å². The van der Waals surface area contributed by atoms with Gasteiger partial charge in [-0.3, -0.25) is 4.57 Å². The Labute approximate surface area is 160 Å². The summed E-state index contributed by atoms with van der Waals surface area (Å²) in [4.78, 5) is 14.4. The van der Waals surface area contributed by atoms with E-state index < -0.39 is 0 Å². The predicted octanol–water partition coefficient (Wildman–Crippen LogP) is 2.64. The molecule has 4 N–H and O–H groups in total. The van der Waals surface area contributed by atoms with Crippen LogP contribution < -0.4 is 17.2 Å². The van der Waals surface area contributed by atoms with Gasteiger partial charge in [0.25, 0.3) is 0 Å². The van der Waals surface area contributed by atoms with Crippen LogP contribution in [0, 0.1) is 0 Å². The molecule has 0 saturated carbocycles. The fourth-order valence-electron chi connectivity index (χ4n) is 2.36. The molecule has 138 valence electrons. The maximum Gasteiger partial charge on any atom is 0.346 e. The molecule has 2 aromatic heterocycles. The Morgan fingerprint density at radius 3 is 2.62 bits per heavy atom. The summed E-state index contributed by atoms with van der Waals surface area (Å²) < 4.78 is 15.3. The predicted molar refractivity (Wildman–Crippen MR) is 105 cm³/mol. The van der Waals surface area contributed by atoms with Crippen molar-refractivity contribution in [3.63, 3.8) is 0 Å². The number of rotatable bonds is 6. The van der Waals surface area contributed by atoms with Gasteiger partial charge < -0.3 is 11.5 Å². The second kappa shape index (κ2) is 8.79. The summed E-state index contributed by atoms with van der Waals surface area (Å²) in [6.07, 6.45) is 1.88. The van der Waals surface area contributed by atoms with Crippen LogP contribution in [-0.4, -0.2) is 20.9 Å². The quantitative estimate of drug-likeness (QED) is 0.627. The number of halogens is 2. The average molecular weight is 396 g/mol. The zero-order valence-corrected chi connectivity index (χ0v) is 15.5. The molecule has 0 amide bonds. The van der Waals surface area contributed by atoms with Gasteiger partial charge in [-0.25, -0.2) is 13.9 Å². The van der Waals surface area contributed by atoms with Crippen LogP contribution in [0.25, 0.3) is 10.4 Å². The zero-order chi connectivity index (χ0) is 17.8. The molecule has 0 saturated heterocycles. The van der Waals surface area contributed by atoms with E-state index >= 15 is 0 Å². The van der Waals surface area contributed by atoms with E-state index in [2.05, 4.69) is 5.10 Å². The summed E-state index contributed by atoms with van der Waals surface area (Å²) in [5.74, 6) is 0. The summed E-state index contributed by atoms with van der Waals surface area (Å²) >= 11 is 1.60. The van der Waals surface area contributed by atoms with E-state index in [1.54, 1.807) is 11.3 Å². The highest BCUT2D eigenvalue weighted by molar-refractivity contribution is 7.15. The van der Waals surface area contributed by atoms with Crippen LogP contribution in [-0.2, 0) is 13.1 Å². The van der Waals surface area contributed by atoms with Crippen LogP contribution in [0.1, 0.15) is 4.88 Å². The summed E-state index contributed by atoms with van der Waals surface area (Å²) in [6, 6.07) is 11.6. The van der Waals surface area contributed by atoms with Gasteiger partial charge in [-0.15, -0.1) is 23.7 Å². The Morgan fingerprint density at radius 1 is 1.23 bits per heavy atom. The molecule has 0 aliphatic heterocycles. The lowest BCUT2D eigenvalue weighted by Crippen LogP contribution is -2.26. The summed E-state index contributed by atoms with van der Waals surface area (Å²) in [7, 11) is 0. The number of benzene rings is 1. The van der Waals surface area contributed by atoms with Crippen LogP contribution in [0.4, 0.5) is 10.1 Å². The number of nitrogens with zero attached hydrogens (tertiary/aromatic N) is 3. The third-order valence-electron chi connectivity index (χ3n) is 3.75. The molecule has 0 radical (unpaired) electrons. The third-order valence-corrected chi connectivity index (χ3v) is 4.87. The molecular formula is C17H19ClFN5OS. The maximum absolute atomic E-state index is 12.6. The van der Waals surface area contributed by atoms with Crippen LogP contribution in [0.5, 0.6) is 0 Å². The third kappa shape index (κ3) is 4.40. The SMILES string of the molecule is Cl.NC/C(=C/F)Cn1ncn(Cc2ccc(-c3ccc(N)cc3)s2)c1=O. The van der Waals surface area contributed by atoms with Crippen LogP contribution in [0.15, 0.2) is 59.4 Å². The van der Waals surface area contributed by atoms with Crippen molar-refractivity contribution in [2.45, 2.75) is 13.1 Å². The van der Waals surface area contributed by atoms with Gasteiger partial charge in [-0.2, -0.15) is 5.10 Å². The molecule has 3 rings (SSSR count). The Morgan fingerprint density at radius 2 is 1.96 bits per heavy atom. The largest absolute Gasteiger partial charge is 0.399 e. The van der Waals surface area contributed by atoms with Crippen molar-refractivity contribution in [3.8, 4) is 10.4 Å². The Hall–Kier alpha value is -2.42. The molecule has 3 aromatic rings.